The average molecular weight is 234 g/mol. The Balaban J connectivity index is 2.20. The number of methoxy groups -OCH3 is 1. The minimum absolute atomic E-state index is 0.198. The highest BCUT2D eigenvalue weighted by Crippen LogP contribution is 2.37. The Morgan fingerprint density at radius 2 is 2.00 bits per heavy atom. The van der Waals surface area contributed by atoms with Crippen molar-refractivity contribution in [3.05, 3.63) is 42.0 Å². The zero-order valence-electron chi connectivity index (χ0n) is 8.67. The molecule has 3 nitrogen and oxygen atoms in total. The maximum Gasteiger partial charge on any atom is 0.327 e. The summed E-state index contributed by atoms with van der Waals surface area (Å²) in [6.07, 6.45) is 1.50. The van der Waals surface area contributed by atoms with E-state index in [1.54, 1.807) is 0 Å². The van der Waals surface area contributed by atoms with Crippen LogP contribution in [0.2, 0.25) is 0 Å². The molecule has 0 radical (unpaired) electrons. The number of ether oxygens (including phenoxy) is 1. The number of benzene rings is 1. The predicted octanol–water partition coefficient (Wildman–Crippen LogP) is 1.88. The van der Waals surface area contributed by atoms with Gasteiger partial charge in [-0.2, -0.15) is 0 Å². The number of allylic oxidation sites excluding steroid dienone is 1. The van der Waals surface area contributed by atoms with Crippen LogP contribution in [-0.4, -0.2) is 24.1 Å². The van der Waals surface area contributed by atoms with E-state index in [1.165, 1.54) is 24.9 Å². The molecule has 0 fully saturated rings. The third-order valence-electron chi connectivity index (χ3n) is 2.25. The molecule has 1 unspecified atom stereocenters. The van der Waals surface area contributed by atoms with Crippen molar-refractivity contribution < 1.29 is 14.3 Å². The van der Waals surface area contributed by atoms with Crippen molar-refractivity contribution in [3.8, 4) is 0 Å². The molecule has 16 heavy (non-hydrogen) atoms. The standard InChI is InChI=1S/C12H10O3S/c1-15-12(14)11-9(13)7-10(16-11)8-5-3-2-4-6-8/h2-7,11H,1H3. The van der Waals surface area contributed by atoms with Crippen LogP contribution in [0.3, 0.4) is 0 Å². The van der Waals surface area contributed by atoms with Gasteiger partial charge in [-0.1, -0.05) is 30.3 Å². The Kier molecular flexibility index (Phi) is 3.10. The van der Waals surface area contributed by atoms with E-state index in [-0.39, 0.29) is 5.78 Å². The van der Waals surface area contributed by atoms with Crippen LogP contribution in [0, 0.1) is 0 Å². The number of ketones is 1. The first-order chi connectivity index (χ1) is 7.72. The normalized spacial score (nSPS) is 19.4. The van der Waals surface area contributed by atoms with Crippen molar-refractivity contribution in [2.45, 2.75) is 5.25 Å². The van der Waals surface area contributed by atoms with Gasteiger partial charge in [0.2, 0.25) is 0 Å². The van der Waals surface area contributed by atoms with E-state index in [2.05, 4.69) is 4.74 Å². The van der Waals surface area contributed by atoms with Crippen LogP contribution in [0.25, 0.3) is 4.91 Å². The summed E-state index contributed by atoms with van der Waals surface area (Å²) in [6.45, 7) is 0. The van der Waals surface area contributed by atoms with Crippen LogP contribution < -0.4 is 0 Å². The molecule has 1 heterocycles. The minimum Gasteiger partial charge on any atom is -0.468 e. The topological polar surface area (TPSA) is 43.4 Å². The number of thioether (sulfide) groups is 1. The number of hydrogen-bond acceptors (Lipinski definition) is 4. The van der Waals surface area contributed by atoms with Gasteiger partial charge in [-0.05, 0) is 11.6 Å². The molecule has 0 saturated carbocycles. The van der Waals surface area contributed by atoms with Crippen LogP contribution >= 0.6 is 11.8 Å². The largest absolute Gasteiger partial charge is 0.468 e. The third kappa shape index (κ3) is 2.02. The number of carbonyl (C=O) groups excluding carboxylic acids is 2. The van der Waals surface area contributed by atoms with Crippen molar-refractivity contribution in [2.24, 2.45) is 0 Å². The summed E-state index contributed by atoms with van der Waals surface area (Å²) in [5.74, 6) is -0.687. The molecule has 1 aliphatic rings. The summed E-state index contributed by atoms with van der Waals surface area (Å²) >= 11 is 1.24. The number of carbonyl (C=O) groups is 2. The van der Waals surface area contributed by atoms with E-state index in [0.29, 0.717) is 0 Å². The summed E-state index contributed by atoms with van der Waals surface area (Å²) < 4.78 is 4.57. The lowest BCUT2D eigenvalue weighted by Gasteiger charge is -2.05. The second-order valence-corrected chi connectivity index (χ2v) is 4.44. The fraction of sp³-hybridized carbons (Fsp3) is 0.167. The lowest BCUT2D eigenvalue weighted by atomic mass is 10.2. The molecule has 0 amide bonds. The molecule has 0 saturated heterocycles. The Morgan fingerprint density at radius 3 is 2.62 bits per heavy atom. The van der Waals surface area contributed by atoms with Gasteiger partial charge in [0, 0.05) is 4.91 Å². The molecule has 1 aromatic rings. The molecule has 4 heteroatoms. The SMILES string of the molecule is COC(=O)C1SC(c2ccccc2)=CC1=O. The van der Waals surface area contributed by atoms with Crippen molar-refractivity contribution >= 4 is 28.4 Å². The van der Waals surface area contributed by atoms with Gasteiger partial charge in [0.05, 0.1) is 7.11 Å². The number of hydrogen-bond donors (Lipinski definition) is 0. The smallest absolute Gasteiger partial charge is 0.327 e. The molecular formula is C12H10O3S. The summed E-state index contributed by atoms with van der Waals surface area (Å²) in [4.78, 5) is 23.7. The van der Waals surface area contributed by atoms with E-state index in [4.69, 9.17) is 0 Å². The van der Waals surface area contributed by atoms with Gasteiger partial charge in [0.25, 0.3) is 0 Å². The molecule has 2 rings (SSSR count). The average Bonchev–Trinajstić information content (AvgIpc) is 2.71. The maximum atomic E-state index is 11.6. The Morgan fingerprint density at radius 1 is 1.31 bits per heavy atom. The van der Waals surface area contributed by atoms with Crippen molar-refractivity contribution in [1.29, 1.82) is 0 Å². The number of esters is 1. The van der Waals surface area contributed by atoms with Gasteiger partial charge in [0.1, 0.15) is 0 Å². The lowest BCUT2D eigenvalue weighted by molar-refractivity contribution is -0.141. The summed E-state index contributed by atoms with van der Waals surface area (Å²) in [5, 5.41) is -0.736. The van der Waals surface area contributed by atoms with Crippen LogP contribution in [0.1, 0.15) is 5.56 Å². The van der Waals surface area contributed by atoms with Gasteiger partial charge in [-0.25, -0.2) is 0 Å². The van der Waals surface area contributed by atoms with Crippen LogP contribution in [0.5, 0.6) is 0 Å². The summed E-state index contributed by atoms with van der Waals surface area (Å²) in [7, 11) is 1.29. The molecule has 0 aromatic heterocycles. The second kappa shape index (κ2) is 4.53. The van der Waals surface area contributed by atoms with Crippen LogP contribution in [-0.2, 0) is 14.3 Å². The number of rotatable bonds is 2. The van der Waals surface area contributed by atoms with Gasteiger partial charge in [-0.3, -0.25) is 9.59 Å². The van der Waals surface area contributed by atoms with E-state index < -0.39 is 11.2 Å². The Labute approximate surface area is 97.5 Å². The van der Waals surface area contributed by atoms with Crippen molar-refractivity contribution in [3.63, 3.8) is 0 Å². The van der Waals surface area contributed by atoms with Crippen molar-refractivity contribution in [1.82, 2.24) is 0 Å². The highest BCUT2D eigenvalue weighted by Gasteiger charge is 2.33. The molecule has 0 N–H and O–H groups in total. The monoisotopic (exact) mass is 234 g/mol. The molecule has 82 valence electrons. The zero-order valence-corrected chi connectivity index (χ0v) is 9.49. The van der Waals surface area contributed by atoms with Gasteiger partial charge >= 0.3 is 5.97 Å². The van der Waals surface area contributed by atoms with Gasteiger partial charge in [0.15, 0.2) is 11.0 Å². The Bertz CT molecular complexity index is 451. The summed E-state index contributed by atoms with van der Waals surface area (Å²) in [6, 6.07) is 9.51. The van der Waals surface area contributed by atoms with E-state index in [9.17, 15) is 9.59 Å². The van der Waals surface area contributed by atoms with E-state index in [1.807, 2.05) is 30.3 Å². The molecule has 1 aliphatic heterocycles. The molecule has 0 aliphatic carbocycles. The van der Waals surface area contributed by atoms with Gasteiger partial charge < -0.3 is 4.74 Å². The highest BCUT2D eigenvalue weighted by atomic mass is 32.2. The first kappa shape index (κ1) is 11.0. The minimum atomic E-state index is -0.736. The van der Waals surface area contributed by atoms with Gasteiger partial charge in [-0.15, -0.1) is 11.8 Å². The lowest BCUT2D eigenvalue weighted by Crippen LogP contribution is -2.23. The van der Waals surface area contributed by atoms with Crippen LogP contribution in [0.15, 0.2) is 36.4 Å². The fourth-order valence-electron chi connectivity index (χ4n) is 1.45. The molecule has 0 spiro atoms. The zero-order chi connectivity index (χ0) is 11.5. The summed E-state index contributed by atoms with van der Waals surface area (Å²) in [5.41, 5.74) is 0.951. The molecule has 0 bridgehead atoms. The predicted molar refractivity (Wildman–Crippen MR) is 62.8 cm³/mol. The molecule has 1 aromatic carbocycles. The molecular weight excluding hydrogens is 224 g/mol. The first-order valence-corrected chi connectivity index (χ1v) is 5.66. The first-order valence-electron chi connectivity index (χ1n) is 4.78. The van der Waals surface area contributed by atoms with E-state index in [0.717, 1.165) is 10.5 Å². The fourth-order valence-corrected chi connectivity index (χ4v) is 2.54. The quantitative estimate of drug-likeness (QED) is 0.579. The second-order valence-electron chi connectivity index (χ2n) is 3.30. The van der Waals surface area contributed by atoms with Crippen LogP contribution in [0.4, 0.5) is 0 Å². The third-order valence-corrected chi connectivity index (χ3v) is 3.52. The molecule has 1 atom stereocenters. The highest BCUT2D eigenvalue weighted by molar-refractivity contribution is 8.10. The Hall–Kier alpha value is -1.55. The maximum absolute atomic E-state index is 11.6. The van der Waals surface area contributed by atoms with Crippen molar-refractivity contribution in [2.75, 3.05) is 7.11 Å². The van der Waals surface area contributed by atoms with E-state index >= 15 is 0 Å².